The molecule has 0 radical (unpaired) electrons. The second kappa shape index (κ2) is 11.2. The van der Waals surface area contributed by atoms with Gasteiger partial charge in [0.15, 0.2) is 0 Å². The van der Waals surface area contributed by atoms with E-state index in [2.05, 4.69) is 21.2 Å². The number of carbonyl (C=O) groups excluding carboxylic acids is 2. The molecule has 0 heterocycles. The summed E-state index contributed by atoms with van der Waals surface area (Å²) in [5, 5.41) is 14.0. The molecular formula is C23H29BrN4O6S. The summed E-state index contributed by atoms with van der Waals surface area (Å²) in [5.74, 6) is -1.04. The second-order valence-electron chi connectivity index (χ2n) is 9.11. The van der Waals surface area contributed by atoms with Crippen LogP contribution in [0.25, 0.3) is 0 Å². The largest absolute Gasteiger partial charge is 0.350 e. The summed E-state index contributed by atoms with van der Waals surface area (Å²) in [6.07, 6.45) is 0.910. The third kappa shape index (κ3) is 8.32. The van der Waals surface area contributed by atoms with E-state index in [1.807, 2.05) is 26.8 Å². The van der Waals surface area contributed by atoms with E-state index in [-0.39, 0.29) is 17.9 Å². The van der Waals surface area contributed by atoms with Crippen LogP contribution in [0.2, 0.25) is 0 Å². The van der Waals surface area contributed by atoms with Gasteiger partial charge in [-0.3, -0.25) is 24.0 Å². The number of nitro groups is 1. The highest BCUT2D eigenvalue weighted by Crippen LogP contribution is 2.24. The average Bonchev–Trinajstić information content (AvgIpc) is 2.73. The van der Waals surface area contributed by atoms with E-state index in [0.29, 0.717) is 0 Å². The monoisotopic (exact) mass is 568 g/mol. The van der Waals surface area contributed by atoms with Gasteiger partial charge in [-0.2, -0.15) is 0 Å². The number of anilines is 1. The summed E-state index contributed by atoms with van der Waals surface area (Å²) in [6.45, 7) is 6.41. The fourth-order valence-corrected chi connectivity index (χ4v) is 4.55. The third-order valence-electron chi connectivity index (χ3n) is 4.92. The van der Waals surface area contributed by atoms with Crippen molar-refractivity contribution in [1.29, 1.82) is 0 Å². The van der Waals surface area contributed by atoms with Crippen LogP contribution in [0.1, 0.15) is 33.3 Å². The molecule has 2 rings (SSSR count). The molecule has 12 heteroatoms. The predicted molar refractivity (Wildman–Crippen MR) is 137 cm³/mol. The first-order valence-electron chi connectivity index (χ1n) is 10.7. The molecule has 0 aliphatic carbocycles. The number of benzene rings is 2. The Labute approximate surface area is 213 Å². The fourth-order valence-electron chi connectivity index (χ4n) is 3.26. The lowest BCUT2D eigenvalue weighted by molar-refractivity contribution is -0.384. The summed E-state index contributed by atoms with van der Waals surface area (Å²) < 4.78 is 26.7. The SMILES string of the molecule is C[C@@H](C(=O)NC(C)(C)C)N(Cc1cccc(Br)c1)C(=O)CN(c1cccc([N+](=O)[O-])c1)S(C)(=O)=O. The Kier molecular flexibility index (Phi) is 9.01. The zero-order chi connectivity index (χ0) is 26.6. The molecule has 2 aromatic rings. The van der Waals surface area contributed by atoms with Gasteiger partial charge < -0.3 is 10.2 Å². The molecule has 190 valence electrons. The molecule has 2 aromatic carbocycles. The summed E-state index contributed by atoms with van der Waals surface area (Å²) in [7, 11) is -3.99. The molecular weight excluding hydrogens is 540 g/mol. The Hall–Kier alpha value is -2.99. The molecule has 1 atom stereocenters. The number of sulfonamides is 1. The number of amides is 2. The van der Waals surface area contributed by atoms with Crippen molar-refractivity contribution < 1.29 is 22.9 Å². The van der Waals surface area contributed by atoms with Gasteiger partial charge >= 0.3 is 0 Å². The molecule has 35 heavy (non-hydrogen) atoms. The third-order valence-corrected chi connectivity index (χ3v) is 6.55. The van der Waals surface area contributed by atoms with E-state index in [0.717, 1.165) is 26.7 Å². The van der Waals surface area contributed by atoms with E-state index in [1.165, 1.54) is 23.1 Å². The first-order chi connectivity index (χ1) is 16.1. The summed E-state index contributed by atoms with van der Waals surface area (Å²) in [4.78, 5) is 38.2. The van der Waals surface area contributed by atoms with Crippen LogP contribution in [-0.4, -0.2) is 54.4 Å². The molecule has 0 unspecified atom stereocenters. The van der Waals surface area contributed by atoms with Crippen molar-refractivity contribution in [3.8, 4) is 0 Å². The number of hydrogen-bond donors (Lipinski definition) is 1. The van der Waals surface area contributed by atoms with Crippen molar-refractivity contribution in [2.75, 3.05) is 17.1 Å². The Balaban J connectivity index is 2.45. The maximum absolute atomic E-state index is 13.5. The van der Waals surface area contributed by atoms with Crippen molar-refractivity contribution in [2.24, 2.45) is 0 Å². The van der Waals surface area contributed by atoms with E-state index in [4.69, 9.17) is 0 Å². The van der Waals surface area contributed by atoms with Gasteiger partial charge in [-0.25, -0.2) is 8.42 Å². The number of non-ortho nitro benzene ring substituents is 1. The Bertz CT molecular complexity index is 1210. The first kappa shape index (κ1) is 28.2. The minimum atomic E-state index is -3.99. The van der Waals surface area contributed by atoms with Gasteiger partial charge in [-0.1, -0.05) is 34.1 Å². The summed E-state index contributed by atoms with van der Waals surface area (Å²) >= 11 is 3.38. The van der Waals surface area contributed by atoms with E-state index in [9.17, 15) is 28.1 Å². The van der Waals surface area contributed by atoms with Crippen molar-refractivity contribution >= 4 is 49.1 Å². The normalized spacial score (nSPS) is 12.5. The quantitative estimate of drug-likeness (QED) is 0.364. The fraction of sp³-hybridized carbons (Fsp3) is 0.391. The Morgan fingerprint density at radius 3 is 2.31 bits per heavy atom. The number of hydrogen-bond acceptors (Lipinski definition) is 6. The average molecular weight is 569 g/mol. The maximum Gasteiger partial charge on any atom is 0.271 e. The summed E-state index contributed by atoms with van der Waals surface area (Å²) in [6, 6.07) is 11.3. The van der Waals surface area contributed by atoms with Crippen molar-refractivity contribution in [2.45, 2.75) is 45.8 Å². The van der Waals surface area contributed by atoms with Gasteiger partial charge in [0.2, 0.25) is 21.8 Å². The van der Waals surface area contributed by atoms with Crippen LogP contribution in [0.15, 0.2) is 53.0 Å². The molecule has 10 nitrogen and oxygen atoms in total. The highest BCUT2D eigenvalue weighted by Gasteiger charge is 2.31. The minimum Gasteiger partial charge on any atom is -0.350 e. The lowest BCUT2D eigenvalue weighted by atomic mass is 10.1. The van der Waals surface area contributed by atoms with Crippen molar-refractivity contribution in [3.63, 3.8) is 0 Å². The molecule has 0 aliphatic rings. The number of carbonyl (C=O) groups is 2. The highest BCUT2D eigenvalue weighted by molar-refractivity contribution is 9.10. The second-order valence-corrected chi connectivity index (χ2v) is 11.9. The molecule has 0 bridgehead atoms. The van der Waals surface area contributed by atoms with Gasteiger partial charge in [-0.05, 0) is 51.5 Å². The molecule has 0 saturated carbocycles. The van der Waals surface area contributed by atoms with E-state index < -0.39 is 44.9 Å². The van der Waals surface area contributed by atoms with Crippen LogP contribution in [0.3, 0.4) is 0 Å². The molecule has 2 amide bonds. The zero-order valence-corrected chi connectivity index (χ0v) is 22.6. The van der Waals surface area contributed by atoms with Crippen LogP contribution in [0.4, 0.5) is 11.4 Å². The van der Waals surface area contributed by atoms with Crippen molar-refractivity contribution in [1.82, 2.24) is 10.2 Å². The minimum absolute atomic E-state index is 0.0238. The molecule has 0 saturated heterocycles. The van der Waals surface area contributed by atoms with Gasteiger partial charge in [0.1, 0.15) is 12.6 Å². The van der Waals surface area contributed by atoms with Gasteiger partial charge in [0.05, 0.1) is 16.9 Å². The lowest BCUT2D eigenvalue weighted by Gasteiger charge is -2.33. The van der Waals surface area contributed by atoms with Gasteiger partial charge in [0, 0.05) is 28.7 Å². The highest BCUT2D eigenvalue weighted by atomic mass is 79.9. The molecule has 0 spiro atoms. The Morgan fingerprint density at radius 1 is 1.14 bits per heavy atom. The molecule has 0 aliphatic heterocycles. The van der Waals surface area contributed by atoms with Gasteiger partial charge in [-0.15, -0.1) is 0 Å². The van der Waals surface area contributed by atoms with Crippen molar-refractivity contribution in [3.05, 3.63) is 68.7 Å². The van der Waals surface area contributed by atoms with Gasteiger partial charge in [0.25, 0.3) is 5.69 Å². The van der Waals surface area contributed by atoms with Crippen LogP contribution in [0, 0.1) is 10.1 Å². The standard InChI is InChI=1S/C23H29BrN4O6S/c1-16(22(30)25-23(2,3)4)26(14-17-8-6-9-18(24)12-17)21(29)15-27(35(5,33)34)19-10-7-11-20(13-19)28(31)32/h6-13,16H,14-15H2,1-5H3,(H,25,30)/t16-/m0/s1. The van der Waals surface area contributed by atoms with Crippen LogP contribution < -0.4 is 9.62 Å². The number of halogens is 1. The summed E-state index contributed by atoms with van der Waals surface area (Å²) in [5.41, 5.74) is -0.154. The first-order valence-corrected chi connectivity index (χ1v) is 13.3. The number of nitrogens with one attached hydrogen (secondary N) is 1. The Morgan fingerprint density at radius 2 is 1.77 bits per heavy atom. The van der Waals surface area contributed by atoms with E-state index in [1.54, 1.807) is 25.1 Å². The maximum atomic E-state index is 13.5. The van der Waals surface area contributed by atoms with Crippen LogP contribution in [0.5, 0.6) is 0 Å². The van der Waals surface area contributed by atoms with Crippen LogP contribution in [-0.2, 0) is 26.2 Å². The number of nitrogens with zero attached hydrogens (tertiary/aromatic N) is 3. The molecule has 1 N–H and O–H groups in total. The number of rotatable bonds is 9. The zero-order valence-electron chi connectivity index (χ0n) is 20.2. The lowest BCUT2D eigenvalue weighted by Crippen LogP contribution is -2.54. The predicted octanol–water partition coefficient (Wildman–Crippen LogP) is 3.46. The smallest absolute Gasteiger partial charge is 0.271 e. The number of nitro benzene ring substituents is 1. The van der Waals surface area contributed by atoms with Crippen LogP contribution >= 0.6 is 15.9 Å². The molecule has 0 aromatic heterocycles. The molecule has 0 fully saturated rings. The van der Waals surface area contributed by atoms with E-state index >= 15 is 0 Å². The topological polar surface area (TPSA) is 130 Å².